The molecule has 1 unspecified atom stereocenters. The van der Waals surface area contributed by atoms with Gasteiger partial charge < -0.3 is 10.5 Å². The molecule has 0 amide bonds. The lowest BCUT2D eigenvalue weighted by Crippen LogP contribution is -2.21. The summed E-state index contributed by atoms with van der Waals surface area (Å²) in [4.78, 5) is 10.9. The molecule has 0 aliphatic heterocycles. The highest BCUT2D eigenvalue weighted by Crippen LogP contribution is 1.96. The fourth-order valence-electron chi connectivity index (χ4n) is 0.860. The van der Waals surface area contributed by atoms with Gasteiger partial charge in [0.1, 0.15) is 0 Å². The van der Waals surface area contributed by atoms with Crippen molar-refractivity contribution >= 4 is 5.97 Å². The molecule has 0 aromatic rings. The van der Waals surface area contributed by atoms with E-state index in [-0.39, 0.29) is 12.0 Å². The molecule has 0 bridgehead atoms. The van der Waals surface area contributed by atoms with Gasteiger partial charge in [0.15, 0.2) is 0 Å². The number of esters is 1. The smallest absolute Gasteiger partial charge is 0.307 e. The first kappa shape index (κ1) is 11.4. The van der Waals surface area contributed by atoms with Gasteiger partial charge in [0.05, 0.1) is 13.0 Å². The van der Waals surface area contributed by atoms with Gasteiger partial charge in [-0.05, 0) is 13.3 Å². The highest BCUT2D eigenvalue weighted by molar-refractivity contribution is 5.69. The highest BCUT2D eigenvalue weighted by Gasteiger charge is 2.04. The van der Waals surface area contributed by atoms with Gasteiger partial charge in [-0.15, -0.1) is 0 Å². The van der Waals surface area contributed by atoms with Gasteiger partial charge in [0.2, 0.25) is 0 Å². The van der Waals surface area contributed by atoms with E-state index >= 15 is 0 Å². The highest BCUT2D eigenvalue weighted by atomic mass is 16.5. The fraction of sp³-hybridized carbons (Fsp3) is 0.889. The predicted molar refractivity (Wildman–Crippen MR) is 48.8 cm³/mol. The van der Waals surface area contributed by atoms with Gasteiger partial charge in [0.25, 0.3) is 0 Å². The second kappa shape index (κ2) is 7.10. The topological polar surface area (TPSA) is 52.3 Å². The van der Waals surface area contributed by atoms with Crippen LogP contribution >= 0.6 is 0 Å². The Kier molecular flexibility index (Phi) is 6.76. The van der Waals surface area contributed by atoms with Crippen molar-refractivity contribution < 1.29 is 9.53 Å². The van der Waals surface area contributed by atoms with Gasteiger partial charge in [0, 0.05) is 6.04 Å². The van der Waals surface area contributed by atoms with Crippen LogP contribution in [0.1, 0.15) is 39.5 Å². The molecule has 72 valence electrons. The van der Waals surface area contributed by atoms with E-state index in [1.54, 1.807) is 6.92 Å². The molecule has 0 aromatic carbocycles. The lowest BCUT2D eigenvalue weighted by molar-refractivity contribution is -0.144. The van der Waals surface area contributed by atoms with Crippen LogP contribution in [0.2, 0.25) is 0 Å². The SMILES string of the molecule is CCCCCOC(=O)CC(C)N. The Morgan fingerprint density at radius 3 is 2.67 bits per heavy atom. The monoisotopic (exact) mass is 173 g/mol. The van der Waals surface area contributed by atoms with Crippen LogP contribution in [0.15, 0.2) is 0 Å². The van der Waals surface area contributed by atoms with Gasteiger partial charge in [-0.3, -0.25) is 4.79 Å². The number of rotatable bonds is 6. The largest absolute Gasteiger partial charge is 0.466 e. The summed E-state index contributed by atoms with van der Waals surface area (Å²) in [5, 5.41) is 0. The van der Waals surface area contributed by atoms with Crippen LogP contribution < -0.4 is 5.73 Å². The minimum absolute atomic E-state index is 0.0938. The van der Waals surface area contributed by atoms with E-state index in [1.165, 1.54) is 0 Å². The molecular weight excluding hydrogens is 154 g/mol. The van der Waals surface area contributed by atoms with Crippen molar-refractivity contribution in [3.8, 4) is 0 Å². The molecule has 0 spiro atoms. The van der Waals surface area contributed by atoms with Crippen LogP contribution in [0, 0.1) is 0 Å². The zero-order chi connectivity index (χ0) is 9.40. The van der Waals surface area contributed by atoms with Crippen molar-refractivity contribution in [3.63, 3.8) is 0 Å². The summed E-state index contributed by atoms with van der Waals surface area (Å²) in [7, 11) is 0. The number of hydrogen-bond acceptors (Lipinski definition) is 3. The molecule has 0 radical (unpaired) electrons. The second-order valence-electron chi connectivity index (χ2n) is 3.11. The third kappa shape index (κ3) is 7.54. The van der Waals surface area contributed by atoms with Gasteiger partial charge in [-0.25, -0.2) is 0 Å². The van der Waals surface area contributed by atoms with Crippen molar-refractivity contribution in [3.05, 3.63) is 0 Å². The van der Waals surface area contributed by atoms with Crippen LogP contribution in [-0.4, -0.2) is 18.6 Å². The first-order valence-electron chi connectivity index (χ1n) is 4.58. The molecule has 0 rings (SSSR count). The third-order valence-corrected chi connectivity index (χ3v) is 1.50. The Balaban J connectivity index is 3.20. The van der Waals surface area contributed by atoms with Crippen LogP contribution in [0.5, 0.6) is 0 Å². The first-order chi connectivity index (χ1) is 5.66. The maximum absolute atomic E-state index is 10.9. The number of carbonyl (C=O) groups excluding carboxylic acids is 1. The summed E-state index contributed by atoms with van der Waals surface area (Å²) < 4.78 is 4.94. The molecular formula is C9H19NO2. The van der Waals surface area contributed by atoms with Crippen LogP contribution in [0.25, 0.3) is 0 Å². The number of nitrogens with two attached hydrogens (primary N) is 1. The lowest BCUT2D eigenvalue weighted by atomic mass is 10.2. The second-order valence-corrected chi connectivity index (χ2v) is 3.11. The average molecular weight is 173 g/mol. The summed E-state index contributed by atoms with van der Waals surface area (Å²) in [6.07, 6.45) is 3.55. The van der Waals surface area contributed by atoms with Crippen molar-refractivity contribution in [2.45, 2.75) is 45.6 Å². The maximum Gasteiger partial charge on any atom is 0.307 e. The molecule has 2 N–H and O–H groups in total. The van der Waals surface area contributed by atoms with E-state index < -0.39 is 0 Å². The molecule has 0 aromatic heterocycles. The summed E-state index contributed by atoms with van der Waals surface area (Å²) in [5.74, 6) is -0.180. The Morgan fingerprint density at radius 2 is 2.17 bits per heavy atom. The normalized spacial score (nSPS) is 12.6. The van der Waals surface area contributed by atoms with Gasteiger partial charge in [-0.1, -0.05) is 19.8 Å². The van der Waals surface area contributed by atoms with Crippen LogP contribution in [0.4, 0.5) is 0 Å². The molecule has 0 heterocycles. The standard InChI is InChI=1S/C9H19NO2/c1-3-4-5-6-12-9(11)7-8(2)10/h8H,3-7,10H2,1-2H3. The number of hydrogen-bond donors (Lipinski definition) is 1. The third-order valence-electron chi connectivity index (χ3n) is 1.50. The van der Waals surface area contributed by atoms with Crippen LogP contribution in [-0.2, 0) is 9.53 Å². The molecule has 0 saturated heterocycles. The molecule has 0 saturated carbocycles. The molecule has 0 fully saturated rings. The molecule has 3 nitrogen and oxygen atoms in total. The number of carbonyl (C=O) groups is 1. The summed E-state index contributed by atoms with van der Waals surface area (Å²) in [6, 6.07) is -0.0938. The Morgan fingerprint density at radius 1 is 1.50 bits per heavy atom. The van der Waals surface area contributed by atoms with Crippen molar-refractivity contribution in [2.75, 3.05) is 6.61 Å². The van der Waals surface area contributed by atoms with E-state index in [0.717, 1.165) is 19.3 Å². The Labute approximate surface area is 74.3 Å². The Bertz CT molecular complexity index is 124. The molecule has 3 heteroatoms. The summed E-state index contributed by atoms with van der Waals surface area (Å²) in [5.41, 5.74) is 5.42. The average Bonchev–Trinajstić information content (AvgIpc) is 1.97. The first-order valence-corrected chi connectivity index (χ1v) is 4.58. The van der Waals surface area contributed by atoms with E-state index in [0.29, 0.717) is 13.0 Å². The van der Waals surface area contributed by atoms with Crippen LogP contribution in [0.3, 0.4) is 0 Å². The van der Waals surface area contributed by atoms with E-state index in [2.05, 4.69) is 6.92 Å². The molecule has 0 aliphatic carbocycles. The molecule has 0 aliphatic rings. The quantitative estimate of drug-likeness (QED) is 0.488. The number of ether oxygens (including phenoxy) is 1. The fourth-order valence-corrected chi connectivity index (χ4v) is 0.860. The maximum atomic E-state index is 10.9. The van der Waals surface area contributed by atoms with Gasteiger partial charge in [-0.2, -0.15) is 0 Å². The van der Waals surface area contributed by atoms with E-state index in [9.17, 15) is 4.79 Å². The summed E-state index contributed by atoms with van der Waals surface area (Å²) in [6.45, 7) is 4.45. The zero-order valence-electron chi connectivity index (χ0n) is 8.01. The number of unbranched alkanes of at least 4 members (excludes halogenated alkanes) is 2. The van der Waals surface area contributed by atoms with Crippen molar-refractivity contribution in [1.82, 2.24) is 0 Å². The van der Waals surface area contributed by atoms with Crippen molar-refractivity contribution in [1.29, 1.82) is 0 Å². The summed E-state index contributed by atoms with van der Waals surface area (Å²) >= 11 is 0. The minimum Gasteiger partial charge on any atom is -0.466 e. The van der Waals surface area contributed by atoms with Gasteiger partial charge >= 0.3 is 5.97 Å². The predicted octanol–water partition coefficient (Wildman–Crippen LogP) is 1.46. The molecule has 1 atom stereocenters. The minimum atomic E-state index is -0.180. The van der Waals surface area contributed by atoms with Crippen molar-refractivity contribution in [2.24, 2.45) is 5.73 Å². The Hall–Kier alpha value is -0.570. The van der Waals surface area contributed by atoms with E-state index in [4.69, 9.17) is 10.5 Å². The molecule has 12 heavy (non-hydrogen) atoms. The van der Waals surface area contributed by atoms with E-state index in [1.807, 2.05) is 0 Å². The zero-order valence-corrected chi connectivity index (χ0v) is 8.01. The lowest BCUT2D eigenvalue weighted by Gasteiger charge is -2.05.